The molecular formula is C9H14N2O2. The van der Waals surface area contributed by atoms with Gasteiger partial charge in [0, 0.05) is 20.4 Å². The minimum absolute atomic E-state index is 0.320. The smallest absolute Gasteiger partial charge is 0.305 e. The molecule has 0 amide bonds. The van der Waals surface area contributed by atoms with Crippen LogP contribution in [-0.4, -0.2) is 18.7 Å². The number of hydrogen-bond donors (Lipinski definition) is 0. The number of azo groups is 1. The summed E-state index contributed by atoms with van der Waals surface area (Å²) in [5.41, 5.74) is -0.821. The zero-order chi connectivity index (χ0) is 9.73. The van der Waals surface area contributed by atoms with Gasteiger partial charge in [-0.2, -0.15) is 5.11 Å². The molecule has 1 aliphatic carbocycles. The van der Waals surface area contributed by atoms with E-state index in [2.05, 4.69) is 10.2 Å². The molecule has 13 heavy (non-hydrogen) atoms. The zero-order valence-electron chi connectivity index (χ0n) is 7.99. The number of esters is 1. The van der Waals surface area contributed by atoms with Gasteiger partial charge in [-0.15, -0.1) is 5.11 Å². The van der Waals surface area contributed by atoms with Gasteiger partial charge >= 0.3 is 5.97 Å². The molecule has 0 radical (unpaired) electrons. The maximum absolute atomic E-state index is 10.8. The SMILES string of the molecule is CN=NC1(OC(C)=O)C=CCCC1. The molecule has 4 heteroatoms. The molecule has 1 rings (SSSR count). The highest BCUT2D eigenvalue weighted by Gasteiger charge is 2.31. The maximum Gasteiger partial charge on any atom is 0.305 e. The second-order valence-electron chi connectivity index (χ2n) is 3.03. The van der Waals surface area contributed by atoms with Crippen molar-refractivity contribution in [2.45, 2.75) is 31.9 Å². The van der Waals surface area contributed by atoms with Crippen LogP contribution in [0, 0.1) is 0 Å². The highest BCUT2D eigenvalue weighted by Crippen LogP contribution is 2.27. The van der Waals surface area contributed by atoms with Crippen molar-refractivity contribution in [3.05, 3.63) is 12.2 Å². The summed E-state index contributed by atoms with van der Waals surface area (Å²) in [4.78, 5) is 10.8. The Hall–Kier alpha value is -1.19. The molecule has 0 aromatic carbocycles. The van der Waals surface area contributed by atoms with Crippen molar-refractivity contribution in [2.24, 2.45) is 10.2 Å². The van der Waals surface area contributed by atoms with E-state index >= 15 is 0 Å². The molecule has 1 atom stereocenters. The average Bonchev–Trinajstić information content (AvgIpc) is 2.04. The Labute approximate surface area is 77.7 Å². The molecule has 1 unspecified atom stereocenters. The summed E-state index contributed by atoms with van der Waals surface area (Å²) in [5, 5.41) is 7.63. The summed E-state index contributed by atoms with van der Waals surface area (Å²) < 4.78 is 5.13. The van der Waals surface area contributed by atoms with Crippen molar-refractivity contribution in [1.82, 2.24) is 0 Å². The minimum Gasteiger partial charge on any atom is -0.432 e. The van der Waals surface area contributed by atoms with Gasteiger partial charge in [0.25, 0.3) is 0 Å². The normalized spacial score (nSPS) is 27.8. The number of nitrogens with zero attached hydrogens (tertiary/aromatic N) is 2. The van der Waals surface area contributed by atoms with Crippen LogP contribution in [-0.2, 0) is 9.53 Å². The molecule has 4 nitrogen and oxygen atoms in total. The Morgan fingerprint density at radius 3 is 2.85 bits per heavy atom. The van der Waals surface area contributed by atoms with Gasteiger partial charge in [0.2, 0.25) is 5.72 Å². The zero-order valence-corrected chi connectivity index (χ0v) is 7.99. The van der Waals surface area contributed by atoms with Crippen LogP contribution < -0.4 is 0 Å². The molecule has 0 saturated carbocycles. The monoisotopic (exact) mass is 182 g/mol. The summed E-state index contributed by atoms with van der Waals surface area (Å²) in [6.07, 6.45) is 6.50. The first-order valence-electron chi connectivity index (χ1n) is 4.37. The summed E-state index contributed by atoms with van der Waals surface area (Å²) >= 11 is 0. The van der Waals surface area contributed by atoms with E-state index in [1.807, 2.05) is 12.2 Å². The second kappa shape index (κ2) is 4.16. The van der Waals surface area contributed by atoms with E-state index in [1.54, 1.807) is 7.05 Å². The van der Waals surface area contributed by atoms with Gasteiger partial charge in [-0.1, -0.05) is 6.08 Å². The molecule has 0 spiro atoms. The lowest BCUT2D eigenvalue weighted by Crippen LogP contribution is -2.31. The summed E-state index contributed by atoms with van der Waals surface area (Å²) in [6.45, 7) is 1.38. The first kappa shape index (κ1) is 9.89. The Morgan fingerprint density at radius 2 is 2.38 bits per heavy atom. The predicted octanol–water partition coefficient (Wildman–Crippen LogP) is 2.07. The predicted molar refractivity (Wildman–Crippen MR) is 48.3 cm³/mol. The molecule has 72 valence electrons. The molecular weight excluding hydrogens is 168 g/mol. The second-order valence-corrected chi connectivity index (χ2v) is 3.03. The van der Waals surface area contributed by atoms with Crippen molar-refractivity contribution in [2.75, 3.05) is 7.05 Å². The van der Waals surface area contributed by atoms with Crippen LogP contribution >= 0.6 is 0 Å². The lowest BCUT2D eigenvalue weighted by atomic mass is 10.00. The topological polar surface area (TPSA) is 51.0 Å². The van der Waals surface area contributed by atoms with Gasteiger partial charge in [0.15, 0.2) is 0 Å². The number of hydrogen-bond acceptors (Lipinski definition) is 4. The number of ether oxygens (including phenoxy) is 1. The van der Waals surface area contributed by atoms with Crippen LogP contribution in [0.3, 0.4) is 0 Å². The molecule has 0 aromatic rings. The third-order valence-corrected chi connectivity index (χ3v) is 1.87. The molecule has 0 bridgehead atoms. The lowest BCUT2D eigenvalue weighted by molar-refractivity contribution is -0.153. The van der Waals surface area contributed by atoms with Crippen molar-refractivity contribution >= 4 is 5.97 Å². The molecule has 0 fully saturated rings. The fourth-order valence-corrected chi connectivity index (χ4v) is 1.43. The highest BCUT2D eigenvalue weighted by molar-refractivity contribution is 5.66. The van der Waals surface area contributed by atoms with Crippen molar-refractivity contribution in [3.63, 3.8) is 0 Å². The van der Waals surface area contributed by atoms with Gasteiger partial charge in [0.05, 0.1) is 0 Å². The third kappa shape index (κ3) is 2.65. The molecule has 0 N–H and O–H groups in total. The molecule has 0 aromatic heterocycles. The van der Waals surface area contributed by atoms with Crippen molar-refractivity contribution in [1.29, 1.82) is 0 Å². The molecule has 0 saturated heterocycles. The maximum atomic E-state index is 10.8. The molecule has 0 heterocycles. The van der Waals surface area contributed by atoms with E-state index in [4.69, 9.17) is 4.74 Å². The fraction of sp³-hybridized carbons (Fsp3) is 0.667. The van der Waals surface area contributed by atoms with E-state index in [1.165, 1.54) is 6.92 Å². The van der Waals surface area contributed by atoms with E-state index < -0.39 is 5.72 Å². The Kier molecular flexibility index (Phi) is 3.17. The standard InChI is InChI=1S/C9H14N2O2/c1-8(12)13-9(11-10-2)6-4-3-5-7-9/h4,6H,3,5,7H2,1-2H3. The Balaban J connectivity index is 2.79. The average molecular weight is 182 g/mol. The van der Waals surface area contributed by atoms with Crippen molar-refractivity contribution < 1.29 is 9.53 Å². The number of carbonyl (C=O) groups is 1. The lowest BCUT2D eigenvalue weighted by Gasteiger charge is -2.26. The molecule has 0 aliphatic heterocycles. The summed E-state index contributed by atoms with van der Waals surface area (Å²) in [6, 6.07) is 0. The first-order valence-corrected chi connectivity index (χ1v) is 4.37. The fourth-order valence-electron chi connectivity index (χ4n) is 1.43. The quantitative estimate of drug-likeness (QED) is 0.373. The van der Waals surface area contributed by atoms with Gasteiger partial charge in [-0.25, -0.2) is 0 Å². The van der Waals surface area contributed by atoms with E-state index in [0.29, 0.717) is 0 Å². The summed E-state index contributed by atoms with van der Waals surface area (Å²) in [7, 11) is 1.58. The van der Waals surface area contributed by atoms with Crippen LogP contribution in [0.2, 0.25) is 0 Å². The van der Waals surface area contributed by atoms with Crippen LogP contribution in [0.25, 0.3) is 0 Å². The Bertz CT molecular complexity index is 248. The Morgan fingerprint density at radius 1 is 1.62 bits per heavy atom. The number of rotatable bonds is 2. The van der Waals surface area contributed by atoms with Gasteiger partial charge in [0.1, 0.15) is 0 Å². The van der Waals surface area contributed by atoms with Gasteiger partial charge < -0.3 is 4.74 Å². The van der Waals surface area contributed by atoms with E-state index in [-0.39, 0.29) is 5.97 Å². The third-order valence-electron chi connectivity index (χ3n) is 1.87. The van der Waals surface area contributed by atoms with Crippen LogP contribution in [0.15, 0.2) is 22.4 Å². The summed E-state index contributed by atoms with van der Waals surface area (Å²) in [5.74, 6) is -0.320. The number of carbonyl (C=O) groups excluding carboxylic acids is 1. The largest absolute Gasteiger partial charge is 0.432 e. The van der Waals surface area contributed by atoms with E-state index in [9.17, 15) is 4.79 Å². The molecule has 1 aliphatic rings. The van der Waals surface area contributed by atoms with Crippen LogP contribution in [0.5, 0.6) is 0 Å². The highest BCUT2D eigenvalue weighted by atomic mass is 16.6. The minimum atomic E-state index is -0.821. The van der Waals surface area contributed by atoms with Crippen LogP contribution in [0.4, 0.5) is 0 Å². The first-order chi connectivity index (χ1) is 6.18. The van der Waals surface area contributed by atoms with Gasteiger partial charge in [-0.05, 0) is 18.9 Å². The van der Waals surface area contributed by atoms with Crippen LogP contribution in [0.1, 0.15) is 26.2 Å². The number of allylic oxidation sites excluding steroid dienone is 1. The van der Waals surface area contributed by atoms with E-state index in [0.717, 1.165) is 19.3 Å². The van der Waals surface area contributed by atoms with Crippen molar-refractivity contribution in [3.8, 4) is 0 Å². The van der Waals surface area contributed by atoms with Gasteiger partial charge in [-0.3, -0.25) is 4.79 Å².